The smallest absolute Gasteiger partial charge is 0.296 e. The van der Waals surface area contributed by atoms with E-state index in [-0.39, 0.29) is 10.6 Å². The Morgan fingerprint density at radius 2 is 1.79 bits per heavy atom. The number of aryl methyl sites for hydroxylation is 3. The molecule has 10 heteroatoms. The number of carbonyl (C=O) groups is 2. The SMILES string of the molecule is Cc1ccc2nc(N3C(=O)C(O)=C(C(=O)c4sc(C)nc4C)C3c3ccc(Cl)c(Cl)c3)sc2c1. The van der Waals surface area contributed by atoms with E-state index in [9.17, 15) is 14.7 Å². The summed E-state index contributed by atoms with van der Waals surface area (Å²) < 4.78 is 0.892. The Labute approximate surface area is 213 Å². The van der Waals surface area contributed by atoms with Crippen LogP contribution >= 0.6 is 45.9 Å². The monoisotopic (exact) mass is 529 g/mol. The van der Waals surface area contributed by atoms with Crippen molar-refractivity contribution in [2.75, 3.05) is 4.90 Å². The molecule has 1 unspecified atom stereocenters. The molecule has 0 spiro atoms. The van der Waals surface area contributed by atoms with Gasteiger partial charge < -0.3 is 5.11 Å². The van der Waals surface area contributed by atoms with Gasteiger partial charge in [-0.3, -0.25) is 14.5 Å². The van der Waals surface area contributed by atoms with Crippen molar-refractivity contribution in [2.45, 2.75) is 26.8 Å². The minimum atomic E-state index is -0.932. The Balaban J connectivity index is 1.71. The number of aliphatic hydroxyl groups excluding tert-OH is 1. The average molecular weight is 530 g/mol. The molecule has 6 nitrogen and oxygen atoms in total. The summed E-state index contributed by atoms with van der Waals surface area (Å²) in [7, 11) is 0. The first-order valence-electron chi connectivity index (χ1n) is 10.2. The number of benzene rings is 2. The maximum Gasteiger partial charge on any atom is 0.296 e. The summed E-state index contributed by atoms with van der Waals surface area (Å²) in [5, 5.41) is 12.7. The maximum atomic E-state index is 13.7. The van der Waals surface area contributed by atoms with Gasteiger partial charge in [-0.1, -0.05) is 46.7 Å². The van der Waals surface area contributed by atoms with Crippen LogP contribution < -0.4 is 4.90 Å². The standard InChI is InChI=1S/C24H17Cl2N3O3S2/c1-10-4-7-16-17(8-10)34-24(28-16)29-19(13-5-6-14(25)15(26)9-13)18(21(31)23(29)32)20(30)22-11(2)27-12(3)33-22/h4-9,19,31H,1-3H3. The minimum absolute atomic E-state index is 0.0365. The van der Waals surface area contributed by atoms with Crippen molar-refractivity contribution < 1.29 is 14.7 Å². The Morgan fingerprint density at radius 3 is 2.47 bits per heavy atom. The van der Waals surface area contributed by atoms with Gasteiger partial charge in [0.2, 0.25) is 5.78 Å². The van der Waals surface area contributed by atoms with Crippen LogP contribution in [0.25, 0.3) is 10.2 Å². The number of thiazole rings is 2. The Hall–Kier alpha value is -2.78. The summed E-state index contributed by atoms with van der Waals surface area (Å²) in [6, 6.07) is 9.75. The fraction of sp³-hybridized carbons (Fsp3) is 0.167. The lowest BCUT2D eigenvalue weighted by atomic mass is 9.95. The molecule has 2 aromatic heterocycles. The molecule has 172 valence electrons. The number of amides is 1. The van der Waals surface area contributed by atoms with E-state index in [1.165, 1.54) is 27.6 Å². The molecule has 1 aliphatic heterocycles. The molecule has 0 saturated carbocycles. The van der Waals surface area contributed by atoms with E-state index < -0.39 is 23.5 Å². The third-order valence-corrected chi connectivity index (χ3v) is 8.39. The van der Waals surface area contributed by atoms with Crippen LogP contribution in [0, 0.1) is 20.8 Å². The number of anilines is 1. The lowest BCUT2D eigenvalue weighted by molar-refractivity contribution is -0.117. The number of hydrogen-bond donors (Lipinski definition) is 1. The summed E-state index contributed by atoms with van der Waals surface area (Å²) in [6.07, 6.45) is 0. The molecule has 0 saturated heterocycles. The van der Waals surface area contributed by atoms with Gasteiger partial charge in [0, 0.05) is 0 Å². The number of fused-ring (bicyclic) bond motifs is 1. The number of nitrogens with zero attached hydrogens (tertiary/aromatic N) is 3. The highest BCUT2D eigenvalue weighted by atomic mass is 35.5. The number of aliphatic hydroxyl groups is 1. The molecule has 1 amide bonds. The number of carbonyl (C=O) groups excluding carboxylic acids is 2. The quantitative estimate of drug-likeness (QED) is 0.295. The predicted octanol–water partition coefficient (Wildman–Crippen LogP) is 6.77. The van der Waals surface area contributed by atoms with Crippen molar-refractivity contribution in [3.63, 3.8) is 0 Å². The second-order valence-corrected chi connectivity index (χ2v) is 11.0. The zero-order chi connectivity index (χ0) is 24.3. The summed E-state index contributed by atoms with van der Waals surface area (Å²) in [4.78, 5) is 37.7. The second-order valence-electron chi connectivity index (χ2n) is 7.96. The Morgan fingerprint density at radius 1 is 1.03 bits per heavy atom. The fourth-order valence-electron chi connectivity index (χ4n) is 4.02. The first kappa shape index (κ1) is 23.0. The van der Waals surface area contributed by atoms with Gasteiger partial charge in [-0.2, -0.15) is 0 Å². The number of Topliss-reactive ketones (excluding diaryl/α,β-unsaturated/α-hetero) is 1. The van der Waals surface area contributed by atoms with E-state index in [1.54, 1.807) is 32.0 Å². The van der Waals surface area contributed by atoms with Crippen LogP contribution in [0.4, 0.5) is 5.13 Å². The van der Waals surface area contributed by atoms with Crippen LogP contribution in [-0.2, 0) is 4.79 Å². The van der Waals surface area contributed by atoms with Gasteiger partial charge in [0.15, 0.2) is 10.9 Å². The van der Waals surface area contributed by atoms with Crippen LogP contribution in [0.15, 0.2) is 47.7 Å². The molecule has 0 aliphatic carbocycles. The summed E-state index contributed by atoms with van der Waals surface area (Å²) in [5.74, 6) is -1.76. The largest absolute Gasteiger partial charge is 0.503 e. The summed E-state index contributed by atoms with van der Waals surface area (Å²) in [5.41, 5.74) is 2.82. The van der Waals surface area contributed by atoms with Crippen molar-refractivity contribution in [2.24, 2.45) is 0 Å². The summed E-state index contributed by atoms with van der Waals surface area (Å²) in [6.45, 7) is 5.50. The number of ketones is 1. The predicted molar refractivity (Wildman–Crippen MR) is 137 cm³/mol. The lowest BCUT2D eigenvalue weighted by Crippen LogP contribution is -2.31. The van der Waals surface area contributed by atoms with Crippen LogP contribution in [0.2, 0.25) is 10.0 Å². The van der Waals surface area contributed by atoms with Gasteiger partial charge in [-0.05, 0) is 56.2 Å². The van der Waals surface area contributed by atoms with E-state index in [0.29, 0.717) is 26.3 Å². The third kappa shape index (κ3) is 3.71. The Bertz CT molecular complexity index is 1540. The van der Waals surface area contributed by atoms with Gasteiger partial charge in [0.25, 0.3) is 5.91 Å². The van der Waals surface area contributed by atoms with E-state index in [4.69, 9.17) is 23.2 Å². The van der Waals surface area contributed by atoms with Crippen molar-refractivity contribution >= 4 is 72.9 Å². The van der Waals surface area contributed by atoms with Gasteiger partial charge in [-0.25, -0.2) is 9.97 Å². The molecule has 1 aliphatic rings. The lowest BCUT2D eigenvalue weighted by Gasteiger charge is -2.24. The van der Waals surface area contributed by atoms with Crippen LogP contribution in [0.1, 0.15) is 37.5 Å². The number of aromatic nitrogens is 2. The molecule has 5 rings (SSSR count). The topological polar surface area (TPSA) is 83.4 Å². The first-order chi connectivity index (χ1) is 16.2. The maximum absolute atomic E-state index is 13.7. The highest BCUT2D eigenvalue weighted by Crippen LogP contribution is 2.45. The normalized spacial score (nSPS) is 16.2. The molecule has 4 aromatic rings. The number of halogens is 2. The van der Waals surface area contributed by atoms with Crippen molar-refractivity contribution in [3.05, 3.63) is 84.5 Å². The van der Waals surface area contributed by atoms with Crippen LogP contribution in [0.3, 0.4) is 0 Å². The second kappa shape index (κ2) is 8.46. The van der Waals surface area contributed by atoms with Gasteiger partial charge in [0.1, 0.15) is 0 Å². The zero-order valence-electron chi connectivity index (χ0n) is 18.2. The minimum Gasteiger partial charge on any atom is -0.503 e. The highest BCUT2D eigenvalue weighted by Gasteiger charge is 2.46. The van der Waals surface area contributed by atoms with Crippen molar-refractivity contribution in [1.82, 2.24) is 9.97 Å². The number of hydrogen-bond acceptors (Lipinski definition) is 7. The third-order valence-electron chi connectivity index (χ3n) is 5.56. The molecule has 34 heavy (non-hydrogen) atoms. The van der Waals surface area contributed by atoms with Crippen molar-refractivity contribution in [1.29, 1.82) is 0 Å². The van der Waals surface area contributed by atoms with E-state index in [1.807, 2.05) is 25.1 Å². The van der Waals surface area contributed by atoms with E-state index in [2.05, 4.69) is 9.97 Å². The molecular formula is C24H17Cl2N3O3S2. The summed E-state index contributed by atoms with van der Waals surface area (Å²) >= 11 is 15.0. The van der Waals surface area contributed by atoms with E-state index >= 15 is 0 Å². The average Bonchev–Trinajstić information content (AvgIpc) is 3.43. The molecule has 0 radical (unpaired) electrons. The molecule has 1 N–H and O–H groups in total. The van der Waals surface area contributed by atoms with Crippen LogP contribution in [0.5, 0.6) is 0 Å². The molecular weight excluding hydrogens is 513 g/mol. The van der Waals surface area contributed by atoms with Crippen LogP contribution in [-0.4, -0.2) is 26.8 Å². The fourth-order valence-corrected chi connectivity index (χ4v) is 6.29. The van der Waals surface area contributed by atoms with Gasteiger partial charge in [0.05, 0.1) is 47.5 Å². The molecule has 2 aromatic carbocycles. The molecule has 3 heterocycles. The molecule has 0 bridgehead atoms. The number of rotatable bonds is 4. The molecule has 0 fully saturated rings. The Kier molecular flexibility index (Phi) is 5.72. The zero-order valence-corrected chi connectivity index (χ0v) is 21.4. The highest BCUT2D eigenvalue weighted by molar-refractivity contribution is 7.22. The molecule has 1 atom stereocenters. The van der Waals surface area contributed by atoms with Gasteiger partial charge in [-0.15, -0.1) is 11.3 Å². The van der Waals surface area contributed by atoms with E-state index in [0.717, 1.165) is 20.8 Å². The van der Waals surface area contributed by atoms with Crippen molar-refractivity contribution in [3.8, 4) is 0 Å². The van der Waals surface area contributed by atoms with Gasteiger partial charge >= 0.3 is 0 Å². The first-order valence-corrected chi connectivity index (χ1v) is 12.6.